The Labute approximate surface area is 130 Å². The molecule has 0 aliphatic heterocycles. The molecule has 0 saturated heterocycles. The van der Waals surface area contributed by atoms with Gasteiger partial charge in [-0.15, -0.1) is 0 Å². The van der Waals surface area contributed by atoms with E-state index in [1.807, 2.05) is 0 Å². The van der Waals surface area contributed by atoms with Gasteiger partial charge in [0.25, 0.3) is 0 Å². The standard InChI is InChI=1S/C20H31N/c1-6-12-21-17(18-19(2,3)20(18,4)5)16-13-15(16)14-10-8-7-9-11-14/h7-11,15-18,21H,6,12-13H2,1-5H3. The van der Waals surface area contributed by atoms with Gasteiger partial charge in [0.1, 0.15) is 0 Å². The normalized spacial score (nSPS) is 30.9. The smallest absolute Gasteiger partial charge is 0.0140 e. The third kappa shape index (κ3) is 2.44. The van der Waals surface area contributed by atoms with Gasteiger partial charge >= 0.3 is 0 Å². The van der Waals surface area contributed by atoms with Gasteiger partial charge in [-0.05, 0) is 53.5 Å². The first kappa shape index (κ1) is 15.1. The SMILES string of the molecule is CCCNC(C1CC1c1ccccc1)C1C(C)(C)C1(C)C. The van der Waals surface area contributed by atoms with E-state index in [-0.39, 0.29) is 0 Å². The molecule has 1 heteroatoms. The van der Waals surface area contributed by atoms with Crippen molar-refractivity contribution >= 4 is 0 Å². The molecule has 3 rings (SSSR count). The summed E-state index contributed by atoms with van der Waals surface area (Å²) in [7, 11) is 0. The first-order valence-corrected chi connectivity index (χ1v) is 8.69. The second-order valence-electron chi connectivity index (χ2n) is 8.32. The Morgan fingerprint density at radius 2 is 1.71 bits per heavy atom. The van der Waals surface area contributed by atoms with Gasteiger partial charge in [-0.25, -0.2) is 0 Å². The van der Waals surface area contributed by atoms with E-state index in [1.54, 1.807) is 5.56 Å². The molecule has 0 bridgehead atoms. The number of hydrogen-bond acceptors (Lipinski definition) is 1. The molecule has 2 fully saturated rings. The lowest BCUT2D eigenvalue weighted by Gasteiger charge is -2.21. The second kappa shape index (κ2) is 5.12. The molecular formula is C20H31N. The molecule has 0 amide bonds. The fraction of sp³-hybridized carbons (Fsp3) is 0.700. The van der Waals surface area contributed by atoms with E-state index in [9.17, 15) is 0 Å². The van der Waals surface area contributed by atoms with Gasteiger partial charge in [-0.2, -0.15) is 0 Å². The number of nitrogens with one attached hydrogen (secondary N) is 1. The minimum absolute atomic E-state index is 0.474. The molecular weight excluding hydrogens is 254 g/mol. The van der Waals surface area contributed by atoms with Gasteiger partial charge in [0.15, 0.2) is 0 Å². The third-order valence-electron chi connectivity index (χ3n) is 6.65. The van der Waals surface area contributed by atoms with Gasteiger partial charge in [0.05, 0.1) is 0 Å². The molecule has 0 spiro atoms. The lowest BCUT2D eigenvalue weighted by atomic mass is 9.96. The minimum Gasteiger partial charge on any atom is -0.313 e. The van der Waals surface area contributed by atoms with Crippen molar-refractivity contribution < 1.29 is 0 Å². The Morgan fingerprint density at radius 1 is 1.10 bits per heavy atom. The lowest BCUT2D eigenvalue weighted by molar-refractivity contribution is 0.357. The monoisotopic (exact) mass is 285 g/mol. The van der Waals surface area contributed by atoms with Crippen LogP contribution >= 0.6 is 0 Å². The zero-order chi connectivity index (χ0) is 15.3. The van der Waals surface area contributed by atoms with Crippen LogP contribution in [0.15, 0.2) is 30.3 Å². The maximum Gasteiger partial charge on any atom is 0.0140 e. The van der Waals surface area contributed by atoms with Crippen molar-refractivity contribution in [3.8, 4) is 0 Å². The van der Waals surface area contributed by atoms with E-state index in [1.165, 1.54) is 12.8 Å². The van der Waals surface area contributed by atoms with Crippen LogP contribution < -0.4 is 5.32 Å². The third-order valence-corrected chi connectivity index (χ3v) is 6.65. The summed E-state index contributed by atoms with van der Waals surface area (Å²) < 4.78 is 0. The van der Waals surface area contributed by atoms with Gasteiger partial charge in [-0.1, -0.05) is 65.0 Å². The summed E-state index contributed by atoms with van der Waals surface area (Å²) in [5.41, 5.74) is 2.49. The van der Waals surface area contributed by atoms with E-state index >= 15 is 0 Å². The van der Waals surface area contributed by atoms with Crippen LogP contribution in [0, 0.1) is 22.7 Å². The number of hydrogen-bond donors (Lipinski definition) is 1. The second-order valence-corrected chi connectivity index (χ2v) is 8.32. The van der Waals surface area contributed by atoms with Crippen molar-refractivity contribution in [1.29, 1.82) is 0 Å². The lowest BCUT2D eigenvalue weighted by Crippen LogP contribution is -2.36. The molecule has 1 nitrogen and oxygen atoms in total. The molecule has 0 aromatic heterocycles. The summed E-state index contributed by atoms with van der Waals surface area (Å²) in [6.45, 7) is 13.3. The highest BCUT2D eigenvalue weighted by atomic mass is 15.0. The van der Waals surface area contributed by atoms with Gasteiger partial charge in [0.2, 0.25) is 0 Å². The topological polar surface area (TPSA) is 12.0 Å². The minimum atomic E-state index is 0.474. The molecule has 2 saturated carbocycles. The molecule has 21 heavy (non-hydrogen) atoms. The summed E-state index contributed by atoms with van der Waals surface area (Å²) in [6, 6.07) is 11.8. The molecule has 1 N–H and O–H groups in total. The molecule has 1 aromatic rings. The molecule has 116 valence electrons. The fourth-order valence-corrected chi connectivity index (χ4v) is 4.67. The zero-order valence-corrected chi connectivity index (χ0v) is 14.3. The van der Waals surface area contributed by atoms with Crippen molar-refractivity contribution in [2.75, 3.05) is 6.54 Å². The van der Waals surface area contributed by atoms with E-state index in [0.29, 0.717) is 16.9 Å². The Morgan fingerprint density at radius 3 is 2.24 bits per heavy atom. The molecule has 1 aromatic carbocycles. The highest BCUT2D eigenvalue weighted by Crippen LogP contribution is 2.72. The van der Waals surface area contributed by atoms with Crippen molar-refractivity contribution in [1.82, 2.24) is 5.32 Å². The molecule has 3 unspecified atom stereocenters. The largest absolute Gasteiger partial charge is 0.313 e. The van der Waals surface area contributed by atoms with E-state index < -0.39 is 0 Å². The quantitative estimate of drug-likeness (QED) is 0.788. The van der Waals surface area contributed by atoms with Gasteiger partial charge in [0, 0.05) is 6.04 Å². The maximum atomic E-state index is 3.90. The van der Waals surface area contributed by atoms with Crippen molar-refractivity contribution in [3.63, 3.8) is 0 Å². The Balaban J connectivity index is 1.74. The van der Waals surface area contributed by atoms with Crippen molar-refractivity contribution in [2.45, 2.75) is 59.4 Å². The predicted octanol–water partition coefficient (Wildman–Crippen LogP) is 4.84. The average Bonchev–Trinajstić information content (AvgIpc) is 3.31. The molecule has 2 aliphatic rings. The van der Waals surface area contributed by atoms with Crippen LogP contribution in [-0.2, 0) is 0 Å². The highest BCUT2D eigenvalue weighted by molar-refractivity contribution is 5.29. The van der Waals surface area contributed by atoms with Crippen molar-refractivity contribution in [2.24, 2.45) is 22.7 Å². The summed E-state index contributed by atoms with van der Waals surface area (Å²) in [4.78, 5) is 0. The molecule has 0 radical (unpaired) electrons. The van der Waals surface area contributed by atoms with Crippen LogP contribution in [0.4, 0.5) is 0 Å². The fourth-order valence-electron chi connectivity index (χ4n) is 4.67. The summed E-state index contributed by atoms with van der Waals surface area (Å²) in [6.07, 6.45) is 2.60. The van der Waals surface area contributed by atoms with E-state index in [4.69, 9.17) is 0 Å². The van der Waals surface area contributed by atoms with Crippen LogP contribution in [-0.4, -0.2) is 12.6 Å². The van der Waals surface area contributed by atoms with Crippen LogP contribution in [0.5, 0.6) is 0 Å². The summed E-state index contributed by atoms with van der Waals surface area (Å²) in [5.74, 6) is 2.44. The Bertz CT molecular complexity index is 474. The van der Waals surface area contributed by atoms with Crippen LogP contribution in [0.2, 0.25) is 0 Å². The average molecular weight is 285 g/mol. The zero-order valence-electron chi connectivity index (χ0n) is 14.3. The molecule has 2 aliphatic carbocycles. The van der Waals surface area contributed by atoms with Gasteiger partial charge in [-0.3, -0.25) is 0 Å². The summed E-state index contributed by atoms with van der Waals surface area (Å²) >= 11 is 0. The van der Waals surface area contributed by atoms with E-state index in [0.717, 1.165) is 24.3 Å². The molecule has 3 atom stereocenters. The Kier molecular flexibility index (Phi) is 3.68. The van der Waals surface area contributed by atoms with Crippen LogP contribution in [0.3, 0.4) is 0 Å². The Hall–Kier alpha value is -0.820. The molecule has 0 heterocycles. The summed E-state index contributed by atoms with van der Waals surface area (Å²) in [5, 5.41) is 3.90. The number of rotatable bonds is 6. The first-order valence-electron chi connectivity index (χ1n) is 8.69. The number of benzene rings is 1. The van der Waals surface area contributed by atoms with Crippen LogP contribution in [0.1, 0.15) is 58.9 Å². The van der Waals surface area contributed by atoms with Crippen molar-refractivity contribution in [3.05, 3.63) is 35.9 Å². The maximum absolute atomic E-state index is 3.90. The van der Waals surface area contributed by atoms with Gasteiger partial charge < -0.3 is 5.32 Å². The van der Waals surface area contributed by atoms with E-state index in [2.05, 4.69) is 70.3 Å². The van der Waals surface area contributed by atoms with Crippen LogP contribution in [0.25, 0.3) is 0 Å². The first-order chi connectivity index (χ1) is 9.91. The highest BCUT2D eigenvalue weighted by Gasteiger charge is 2.69. The predicted molar refractivity (Wildman–Crippen MR) is 90.4 cm³/mol.